The lowest BCUT2D eigenvalue weighted by molar-refractivity contribution is 0.0949. The highest BCUT2D eigenvalue weighted by atomic mass is 16.5. The number of carbonyl (C=O) groups is 1. The van der Waals surface area contributed by atoms with Gasteiger partial charge in [-0.25, -0.2) is 0 Å². The summed E-state index contributed by atoms with van der Waals surface area (Å²) in [6.07, 6.45) is 2.64. The van der Waals surface area contributed by atoms with Crippen molar-refractivity contribution in [3.8, 4) is 5.75 Å². The van der Waals surface area contributed by atoms with Gasteiger partial charge in [-0.1, -0.05) is 19.1 Å². The molecule has 2 aromatic rings. The van der Waals surface area contributed by atoms with E-state index >= 15 is 0 Å². The van der Waals surface area contributed by atoms with Crippen LogP contribution in [0.15, 0.2) is 35.1 Å². The molecule has 2 heterocycles. The maximum atomic E-state index is 12.3. The average molecular weight is 312 g/mol. The molecule has 0 fully saturated rings. The second-order valence-electron chi connectivity index (χ2n) is 5.65. The van der Waals surface area contributed by atoms with Crippen molar-refractivity contribution < 1.29 is 9.53 Å². The van der Waals surface area contributed by atoms with Gasteiger partial charge in [0.2, 0.25) is 5.56 Å². The normalized spacial score (nSPS) is 13.1. The van der Waals surface area contributed by atoms with Gasteiger partial charge in [0, 0.05) is 18.3 Å². The summed E-state index contributed by atoms with van der Waals surface area (Å²) in [6.45, 7) is 3.13. The van der Waals surface area contributed by atoms with E-state index in [0.29, 0.717) is 24.2 Å². The Morgan fingerprint density at radius 2 is 2.17 bits per heavy atom. The minimum Gasteiger partial charge on any atom is -0.493 e. The number of benzene rings is 1. The molecule has 2 N–H and O–H groups in total. The number of nitrogens with one attached hydrogen (secondary N) is 2. The summed E-state index contributed by atoms with van der Waals surface area (Å²) in [7, 11) is 0. The first-order valence-corrected chi connectivity index (χ1v) is 7.92. The summed E-state index contributed by atoms with van der Waals surface area (Å²) in [5.41, 5.74) is 3.24. The number of H-pyrrole nitrogens is 1. The number of pyridine rings is 1. The Labute approximate surface area is 134 Å². The molecular weight excluding hydrogens is 292 g/mol. The molecule has 3 rings (SSSR count). The Kier molecular flexibility index (Phi) is 4.46. The number of hydrogen-bond acceptors (Lipinski definition) is 3. The smallest absolute Gasteiger partial charge is 0.253 e. The molecule has 5 nitrogen and oxygen atoms in total. The van der Waals surface area contributed by atoms with E-state index in [9.17, 15) is 9.59 Å². The van der Waals surface area contributed by atoms with E-state index in [2.05, 4.69) is 16.4 Å². The molecule has 0 radical (unpaired) electrons. The minimum absolute atomic E-state index is 0.174. The van der Waals surface area contributed by atoms with E-state index in [-0.39, 0.29) is 11.5 Å². The molecule has 0 bridgehead atoms. The third-order valence-electron chi connectivity index (χ3n) is 4.02. The van der Waals surface area contributed by atoms with Gasteiger partial charge < -0.3 is 15.0 Å². The Bertz CT molecular complexity index is 780. The first kappa shape index (κ1) is 15.3. The maximum absolute atomic E-state index is 12.3. The van der Waals surface area contributed by atoms with Crippen molar-refractivity contribution in [1.82, 2.24) is 10.3 Å². The molecule has 0 spiro atoms. The number of aromatic amines is 1. The highest BCUT2D eigenvalue weighted by molar-refractivity contribution is 5.95. The van der Waals surface area contributed by atoms with Crippen LogP contribution in [0.1, 0.15) is 40.5 Å². The van der Waals surface area contributed by atoms with Crippen LogP contribution >= 0.6 is 0 Å². The molecule has 0 saturated carbocycles. The molecule has 1 aliphatic rings. The van der Waals surface area contributed by atoms with Crippen molar-refractivity contribution >= 4 is 5.91 Å². The molecule has 1 aliphatic heterocycles. The fraction of sp³-hybridized carbons (Fsp3) is 0.333. The number of aromatic nitrogens is 1. The number of hydrogen-bond donors (Lipinski definition) is 2. The molecule has 1 aromatic carbocycles. The highest BCUT2D eigenvalue weighted by Gasteiger charge is 2.13. The Balaban J connectivity index is 1.71. The summed E-state index contributed by atoms with van der Waals surface area (Å²) in [6, 6.07) is 8.98. The van der Waals surface area contributed by atoms with Crippen LogP contribution < -0.4 is 15.6 Å². The fourth-order valence-corrected chi connectivity index (χ4v) is 2.81. The number of amides is 1. The van der Waals surface area contributed by atoms with Crippen LogP contribution in [0.4, 0.5) is 0 Å². The first-order valence-electron chi connectivity index (χ1n) is 7.92. The van der Waals surface area contributed by atoms with Gasteiger partial charge in [0.25, 0.3) is 5.91 Å². The van der Waals surface area contributed by atoms with Gasteiger partial charge in [-0.05, 0) is 42.5 Å². The van der Waals surface area contributed by atoms with Crippen molar-refractivity contribution in [2.75, 3.05) is 6.61 Å². The lowest BCUT2D eigenvalue weighted by Crippen LogP contribution is -2.26. The van der Waals surface area contributed by atoms with E-state index in [1.807, 2.05) is 19.1 Å². The second kappa shape index (κ2) is 6.69. The van der Waals surface area contributed by atoms with Crippen molar-refractivity contribution in [2.24, 2.45) is 0 Å². The third kappa shape index (κ3) is 3.44. The Morgan fingerprint density at radius 3 is 3.00 bits per heavy atom. The second-order valence-corrected chi connectivity index (χ2v) is 5.65. The highest BCUT2D eigenvalue weighted by Crippen LogP contribution is 2.25. The molecule has 0 saturated heterocycles. The zero-order chi connectivity index (χ0) is 16.2. The van der Waals surface area contributed by atoms with Crippen LogP contribution in [0.5, 0.6) is 5.75 Å². The standard InChI is InChI=1S/C18H20N2O3/c1-2-15-14(6-8-17(21)20-15)18(22)19-11-12-5-7-16-13(10-12)4-3-9-23-16/h5-8,10H,2-4,9,11H2,1H3,(H,19,22)(H,20,21). The maximum Gasteiger partial charge on any atom is 0.253 e. The van der Waals surface area contributed by atoms with Crippen molar-refractivity contribution in [2.45, 2.75) is 32.7 Å². The molecule has 0 atom stereocenters. The van der Waals surface area contributed by atoms with E-state index in [4.69, 9.17) is 4.74 Å². The van der Waals surface area contributed by atoms with Crippen molar-refractivity contribution in [3.63, 3.8) is 0 Å². The zero-order valence-electron chi connectivity index (χ0n) is 13.1. The molecule has 0 aliphatic carbocycles. The summed E-state index contributed by atoms with van der Waals surface area (Å²) >= 11 is 0. The molecule has 5 heteroatoms. The number of carbonyl (C=O) groups excluding carboxylic acids is 1. The van der Waals surface area contributed by atoms with Crippen LogP contribution in [-0.4, -0.2) is 17.5 Å². The third-order valence-corrected chi connectivity index (χ3v) is 4.02. The van der Waals surface area contributed by atoms with Gasteiger partial charge in [-0.15, -0.1) is 0 Å². The van der Waals surface area contributed by atoms with Gasteiger partial charge in [0.15, 0.2) is 0 Å². The summed E-state index contributed by atoms with van der Waals surface area (Å²) in [5, 5.41) is 2.91. The summed E-state index contributed by atoms with van der Waals surface area (Å²) in [4.78, 5) is 26.4. The first-order chi connectivity index (χ1) is 11.2. The van der Waals surface area contributed by atoms with Crippen molar-refractivity contribution in [1.29, 1.82) is 0 Å². The summed E-state index contributed by atoms with van der Waals surface area (Å²) in [5.74, 6) is 0.771. The Hall–Kier alpha value is -2.56. The molecule has 1 amide bonds. The van der Waals surface area contributed by atoms with E-state index in [1.54, 1.807) is 6.07 Å². The fourth-order valence-electron chi connectivity index (χ4n) is 2.81. The van der Waals surface area contributed by atoms with Crippen LogP contribution in [0.25, 0.3) is 0 Å². The monoisotopic (exact) mass is 312 g/mol. The SMILES string of the molecule is CCc1[nH]c(=O)ccc1C(=O)NCc1ccc2c(c1)CCCO2. The number of fused-ring (bicyclic) bond motifs is 1. The van der Waals surface area contributed by atoms with Crippen molar-refractivity contribution in [3.05, 3.63) is 63.1 Å². The van der Waals surface area contributed by atoms with Gasteiger partial charge >= 0.3 is 0 Å². The number of rotatable bonds is 4. The number of ether oxygens (including phenoxy) is 1. The Morgan fingerprint density at radius 1 is 1.30 bits per heavy atom. The quantitative estimate of drug-likeness (QED) is 0.909. The van der Waals surface area contributed by atoms with E-state index < -0.39 is 0 Å². The van der Waals surface area contributed by atoms with Gasteiger partial charge in [-0.3, -0.25) is 9.59 Å². The van der Waals surface area contributed by atoms with Crippen LogP contribution in [0.3, 0.4) is 0 Å². The predicted molar refractivity (Wildman–Crippen MR) is 87.9 cm³/mol. The number of aryl methyl sites for hydroxylation is 2. The van der Waals surface area contributed by atoms with Gasteiger partial charge in [-0.2, -0.15) is 0 Å². The molecule has 0 unspecified atom stereocenters. The van der Waals surface area contributed by atoms with Gasteiger partial charge in [0.05, 0.1) is 12.2 Å². The molecular formula is C18H20N2O3. The predicted octanol–water partition coefficient (Wildman–Crippen LogP) is 2.19. The minimum atomic E-state index is -0.187. The lowest BCUT2D eigenvalue weighted by atomic mass is 10.0. The van der Waals surface area contributed by atoms with Gasteiger partial charge in [0.1, 0.15) is 5.75 Å². The zero-order valence-corrected chi connectivity index (χ0v) is 13.1. The average Bonchev–Trinajstić information content (AvgIpc) is 2.59. The van der Waals surface area contributed by atoms with E-state index in [0.717, 1.165) is 30.8 Å². The lowest BCUT2D eigenvalue weighted by Gasteiger charge is -2.18. The van der Waals surface area contributed by atoms with Crippen LogP contribution in [0.2, 0.25) is 0 Å². The summed E-state index contributed by atoms with van der Waals surface area (Å²) < 4.78 is 5.59. The molecule has 120 valence electrons. The van der Waals surface area contributed by atoms with Crippen LogP contribution in [-0.2, 0) is 19.4 Å². The topological polar surface area (TPSA) is 71.2 Å². The largest absolute Gasteiger partial charge is 0.493 e. The molecule has 23 heavy (non-hydrogen) atoms. The molecule has 1 aromatic heterocycles. The van der Waals surface area contributed by atoms with E-state index in [1.165, 1.54) is 11.6 Å². The van der Waals surface area contributed by atoms with Crippen LogP contribution in [0, 0.1) is 0 Å².